The lowest BCUT2D eigenvalue weighted by atomic mass is 10.0. The van der Waals surface area contributed by atoms with E-state index in [2.05, 4.69) is 67.8 Å². The minimum Gasteiger partial charge on any atom is -0.491 e. The number of rotatable bonds is 5. The zero-order valence-electron chi connectivity index (χ0n) is 17.6. The Bertz CT molecular complexity index is 1370. The van der Waals surface area contributed by atoms with Gasteiger partial charge in [-0.3, -0.25) is 0 Å². The van der Waals surface area contributed by atoms with Gasteiger partial charge >= 0.3 is 0 Å². The molecule has 0 bridgehead atoms. The zero-order valence-corrected chi connectivity index (χ0v) is 17.6. The van der Waals surface area contributed by atoms with Crippen LogP contribution in [0.2, 0.25) is 0 Å². The van der Waals surface area contributed by atoms with Crippen LogP contribution >= 0.6 is 0 Å². The van der Waals surface area contributed by atoms with E-state index in [-0.39, 0.29) is 0 Å². The molecule has 0 fully saturated rings. The second-order valence-electron chi connectivity index (χ2n) is 8.10. The van der Waals surface area contributed by atoms with Crippen LogP contribution < -0.4 is 4.74 Å². The van der Waals surface area contributed by atoms with Crippen molar-refractivity contribution in [2.24, 2.45) is 0 Å². The van der Waals surface area contributed by atoms with Crippen molar-refractivity contribution < 1.29 is 4.74 Å². The Morgan fingerprint density at radius 3 is 2.43 bits per heavy atom. The third kappa shape index (κ3) is 3.18. The normalized spacial score (nSPS) is 11.7. The fourth-order valence-corrected chi connectivity index (χ4v) is 4.10. The molecule has 3 aromatic carbocycles. The summed E-state index contributed by atoms with van der Waals surface area (Å²) in [6.07, 6.45) is 0. The summed E-state index contributed by atoms with van der Waals surface area (Å²) in [5, 5.41) is 1.13. The largest absolute Gasteiger partial charge is 0.491 e. The maximum atomic E-state index is 6.27. The smallest absolute Gasteiger partial charge is 0.160 e. The molecule has 30 heavy (non-hydrogen) atoms. The first kappa shape index (κ1) is 18.6. The summed E-state index contributed by atoms with van der Waals surface area (Å²) in [6, 6.07) is 22.9. The van der Waals surface area contributed by atoms with Gasteiger partial charge in [-0.05, 0) is 48.2 Å². The van der Waals surface area contributed by atoms with Crippen LogP contribution in [0.3, 0.4) is 0 Å². The lowest BCUT2D eigenvalue weighted by Crippen LogP contribution is -2.10. The summed E-state index contributed by atoms with van der Waals surface area (Å²) >= 11 is 0. The molecule has 4 nitrogen and oxygen atoms in total. The molecule has 0 radical (unpaired) electrons. The van der Waals surface area contributed by atoms with Crippen LogP contribution in [0.15, 0.2) is 66.7 Å². The van der Waals surface area contributed by atoms with E-state index in [9.17, 15) is 0 Å². The highest BCUT2D eigenvalue weighted by atomic mass is 16.5. The second-order valence-corrected chi connectivity index (χ2v) is 8.10. The van der Waals surface area contributed by atoms with Crippen molar-refractivity contribution in [3.63, 3.8) is 0 Å². The summed E-state index contributed by atoms with van der Waals surface area (Å²) in [5.41, 5.74) is 7.28. The predicted molar refractivity (Wildman–Crippen MR) is 123 cm³/mol. The minimum atomic E-state index is 0.422. The lowest BCUT2D eigenvalue weighted by molar-refractivity contribution is 0.298. The topological polar surface area (TPSA) is 39.9 Å². The van der Waals surface area contributed by atoms with Crippen LogP contribution in [0.4, 0.5) is 0 Å². The van der Waals surface area contributed by atoms with Gasteiger partial charge in [0.2, 0.25) is 0 Å². The van der Waals surface area contributed by atoms with Crippen molar-refractivity contribution >= 4 is 33.1 Å². The average Bonchev–Trinajstić information content (AvgIpc) is 3.05. The fourth-order valence-electron chi connectivity index (χ4n) is 4.10. The van der Waals surface area contributed by atoms with Gasteiger partial charge in [-0.25, -0.2) is 9.97 Å². The molecule has 2 aromatic heterocycles. The molecular formula is C26H25N3O. The van der Waals surface area contributed by atoms with Crippen LogP contribution in [0.1, 0.15) is 30.9 Å². The summed E-state index contributed by atoms with van der Waals surface area (Å²) in [6.45, 7) is 7.79. The van der Waals surface area contributed by atoms with Crippen LogP contribution in [0, 0.1) is 6.92 Å². The minimum absolute atomic E-state index is 0.422. The summed E-state index contributed by atoms with van der Waals surface area (Å²) in [4.78, 5) is 9.86. The van der Waals surface area contributed by atoms with Crippen LogP contribution in [0.5, 0.6) is 5.75 Å². The first-order valence-corrected chi connectivity index (χ1v) is 10.5. The molecule has 150 valence electrons. The van der Waals surface area contributed by atoms with E-state index in [1.54, 1.807) is 0 Å². The standard InChI is InChI=1S/C26H25N3O/c1-17(2)19-13-12-18(3)16-24(19)30-15-14-29-23-11-7-4-8-20(23)25-26(29)28-22-10-6-5-9-21(22)27-25/h4-13,16-17H,14-15H2,1-3H3. The van der Waals surface area contributed by atoms with Gasteiger partial charge in [-0.15, -0.1) is 0 Å². The quantitative estimate of drug-likeness (QED) is 0.353. The number of fused-ring (bicyclic) bond motifs is 4. The molecule has 0 saturated carbocycles. The Morgan fingerprint density at radius 2 is 1.63 bits per heavy atom. The molecule has 2 heterocycles. The summed E-state index contributed by atoms with van der Waals surface area (Å²) in [5.74, 6) is 1.40. The van der Waals surface area contributed by atoms with Gasteiger partial charge in [0, 0.05) is 5.39 Å². The van der Waals surface area contributed by atoms with E-state index in [1.165, 1.54) is 11.1 Å². The number of aromatic nitrogens is 3. The predicted octanol–water partition coefficient (Wildman–Crippen LogP) is 6.25. The monoisotopic (exact) mass is 395 g/mol. The number of hydrogen-bond donors (Lipinski definition) is 0. The molecule has 5 aromatic rings. The van der Waals surface area contributed by atoms with Gasteiger partial charge in [0.15, 0.2) is 5.65 Å². The first-order chi connectivity index (χ1) is 14.6. The van der Waals surface area contributed by atoms with Crippen molar-refractivity contribution in [3.05, 3.63) is 77.9 Å². The van der Waals surface area contributed by atoms with Crippen LogP contribution in [0.25, 0.3) is 33.1 Å². The van der Waals surface area contributed by atoms with E-state index in [0.717, 1.165) is 38.8 Å². The molecule has 0 spiro atoms. The molecule has 0 saturated heterocycles. The lowest BCUT2D eigenvalue weighted by Gasteiger charge is -2.15. The average molecular weight is 396 g/mol. The summed E-state index contributed by atoms with van der Waals surface area (Å²) in [7, 11) is 0. The van der Waals surface area contributed by atoms with Gasteiger partial charge in [-0.1, -0.05) is 56.3 Å². The Hall–Kier alpha value is -3.40. The van der Waals surface area contributed by atoms with Crippen molar-refractivity contribution in [1.29, 1.82) is 0 Å². The van der Waals surface area contributed by atoms with Gasteiger partial charge < -0.3 is 9.30 Å². The maximum absolute atomic E-state index is 6.27. The van der Waals surface area contributed by atoms with Gasteiger partial charge in [-0.2, -0.15) is 0 Å². The van der Waals surface area contributed by atoms with Crippen molar-refractivity contribution in [3.8, 4) is 5.75 Å². The van der Waals surface area contributed by atoms with E-state index in [1.807, 2.05) is 24.3 Å². The van der Waals surface area contributed by atoms with Gasteiger partial charge in [0.1, 0.15) is 17.9 Å². The zero-order chi connectivity index (χ0) is 20.7. The Labute approximate surface area is 176 Å². The highest BCUT2D eigenvalue weighted by molar-refractivity contribution is 6.06. The Balaban J connectivity index is 1.54. The van der Waals surface area contributed by atoms with E-state index in [0.29, 0.717) is 19.1 Å². The molecule has 0 N–H and O–H groups in total. The second kappa shape index (κ2) is 7.45. The SMILES string of the molecule is Cc1ccc(C(C)C)c(OCCn2c3ccccc3c3nc4ccccc4nc32)c1. The molecule has 0 unspecified atom stereocenters. The van der Waals surface area contributed by atoms with E-state index in [4.69, 9.17) is 14.7 Å². The molecule has 0 aliphatic carbocycles. The highest BCUT2D eigenvalue weighted by Crippen LogP contribution is 2.30. The van der Waals surface area contributed by atoms with Crippen LogP contribution in [-0.2, 0) is 6.54 Å². The van der Waals surface area contributed by atoms with Crippen molar-refractivity contribution in [1.82, 2.24) is 14.5 Å². The number of aryl methyl sites for hydroxylation is 1. The van der Waals surface area contributed by atoms with Crippen LogP contribution in [-0.4, -0.2) is 21.1 Å². The maximum Gasteiger partial charge on any atom is 0.160 e. The van der Waals surface area contributed by atoms with Crippen molar-refractivity contribution in [2.75, 3.05) is 6.61 Å². The number of ether oxygens (including phenoxy) is 1. The Kier molecular flexibility index (Phi) is 4.62. The van der Waals surface area contributed by atoms with Gasteiger partial charge in [0.05, 0.1) is 23.1 Å². The summed E-state index contributed by atoms with van der Waals surface area (Å²) < 4.78 is 8.50. The van der Waals surface area contributed by atoms with Gasteiger partial charge in [0.25, 0.3) is 0 Å². The van der Waals surface area contributed by atoms with E-state index >= 15 is 0 Å². The molecule has 0 aliphatic rings. The van der Waals surface area contributed by atoms with E-state index < -0.39 is 0 Å². The Morgan fingerprint density at radius 1 is 0.900 bits per heavy atom. The molecule has 0 aliphatic heterocycles. The number of para-hydroxylation sites is 3. The molecular weight excluding hydrogens is 370 g/mol. The van der Waals surface area contributed by atoms with Crippen molar-refractivity contribution in [2.45, 2.75) is 33.2 Å². The molecule has 0 amide bonds. The third-order valence-corrected chi connectivity index (χ3v) is 5.62. The fraction of sp³-hybridized carbons (Fsp3) is 0.231. The third-order valence-electron chi connectivity index (χ3n) is 5.62. The molecule has 5 rings (SSSR count). The first-order valence-electron chi connectivity index (χ1n) is 10.5. The number of hydrogen-bond acceptors (Lipinski definition) is 3. The number of nitrogens with zero attached hydrogens (tertiary/aromatic N) is 3. The highest BCUT2D eigenvalue weighted by Gasteiger charge is 2.15. The molecule has 0 atom stereocenters. The molecule has 4 heteroatoms. The number of benzene rings is 3.